The number of phenols is 1. The Hall–Kier alpha value is -1.71. The van der Waals surface area contributed by atoms with Crippen molar-refractivity contribution in [3.63, 3.8) is 0 Å². The number of nitro groups is 1. The summed E-state index contributed by atoms with van der Waals surface area (Å²) in [5.41, 5.74) is -1.12. The first kappa shape index (κ1) is 17.3. The molecule has 1 rings (SSSR count). The van der Waals surface area contributed by atoms with Gasteiger partial charge in [-0.05, 0) is 18.1 Å². The summed E-state index contributed by atoms with van der Waals surface area (Å²) >= 11 is 0.954. The summed E-state index contributed by atoms with van der Waals surface area (Å²) < 4.78 is 13.4. The van der Waals surface area contributed by atoms with Gasteiger partial charge in [0.05, 0.1) is 11.0 Å². The first-order chi connectivity index (χ1) is 9.73. The van der Waals surface area contributed by atoms with Crippen molar-refractivity contribution >= 4 is 22.6 Å². The van der Waals surface area contributed by atoms with Crippen molar-refractivity contribution in [1.82, 2.24) is 0 Å². The number of hydrogen-bond acceptors (Lipinski definition) is 7. The second-order valence-corrected chi connectivity index (χ2v) is 5.54. The van der Waals surface area contributed by atoms with Crippen LogP contribution in [0.1, 0.15) is 25.0 Å². The van der Waals surface area contributed by atoms with E-state index in [0.717, 1.165) is 17.8 Å². The van der Waals surface area contributed by atoms with Gasteiger partial charge in [-0.25, -0.2) is 4.39 Å². The van der Waals surface area contributed by atoms with Gasteiger partial charge < -0.3 is 15.3 Å². The third-order valence-corrected chi connectivity index (χ3v) is 3.53. The molecule has 116 valence electrons. The largest absolute Gasteiger partial charge is 0.500 e. The van der Waals surface area contributed by atoms with E-state index < -0.39 is 34.4 Å². The van der Waals surface area contributed by atoms with Crippen LogP contribution in [0.4, 0.5) is 10.1 Å². The molecule has 0 aliphatic heterocycles. The first-order valence-electron chi connectivity index (χ1n) is 5.90. The van der Waals surface area contributed by atoms with Crippen molar-refractivity contribution < 1.29 is 29.4 Å². The van der Waals surface area contributed by atoms with E-state index in [4.69, 9.17) is 0 Å². The van der Waals surface area contributed by atoms with Crippen LogP contribution in [0.2, 0.25) is 0 Å². The van der Waals surface area contributed by atoms with Gasteiger partial charge in [0, 0.05) is 18.7 Å². The summed E-state index contributed by atoms with van der Waals surface area (Å²) in [5, 5.41) is 39.3. The highest BCUT2D eigenvalue weighted by Crippen LogP contribution is 2.33. The third-order valence-electron chi connectivity index (χ3n) is 2.69. The molecule has 21 heavy (non-hydrogen) atoms. The van der Waals surface area contributed by atoms with Gasteiger partial charge in [-0.2, -0.15) is 0 Å². The van der Waals surface area contributed by atoms with Crippen LogP contribution in [0.5, 0.6) is 5.75 Å². The summed E-state index contributed by atoms with van der Waals surface area (Å²) in [4.78, 5) is 20.4. The maximum absolute atomic E-state index is 13.4. The summed E-state index contributed by atoms with van der Waals surface area (Å²) in [5.74, 6) is -2.14. The lowest BCUT2D eigenvalue weighted by Gasteiger charge is -2.18. The fraction of sp³-hybridized carbons (Fsp3) is 0.417. The van der Waals surface area contributed by atoms with E-state index in [1.54, 1.807) is 0 Å². The molecule has 1 aromatic carbocycles. The number of nitro benzene ring substituents is 1. The minimum atomic E-state index is -1.56. The molecule has 0 spiro atoms. The predicted octanol–water partition coefficient (Wildman–Crippen LogP) is 1.50. The lowest BCUT2D eigenvalue weighted by atomic mass is 10.0. The van der Waals surface area contributed by atoms with Crippen LogP contribution in [-0.2, 0) is 4.79 Å². The summed E-state index contributed by atoms with van der Waals surface area (Å²) in [6.45, 7) is 1.35. The summed E-state index contributed by atoms with van der Waals surface area (Å²) in [7, 11) is 0. The number of rotatable bonds is 6. The van der Waals surface area contributed by atoms with Gasteiger partial charge >= 0.3 is 5.69 Å². The molecule has 9 heteroatoms. The van der Waals surface area contributed by atoms with Crippen molar-refractivity contribution in [3.05, 3.63) is 33.6 Å². The summed E-state index contributed by atoms with van der Waals surface area (Å²) in [6, 6.07) is 1.51. The van der Waals surface area contributed by atoms with Gasteiger partial charge in [-0.1, -0.05) is 11.8 Å². The molecule has 0 radical (unpaired) electrons. The number of phenolic OH excluding ortho intramolecular Hbond substituents is 1. The smallest absolute Gasteiger partial charge is 0.314 e. The fourth-order valence-electron chi connectivity index (χ4n) is 1.62. The Labute approximate surface area is 123 Å². The summed E-state index contributed by atoms with van der Waals surface area (Å²) in [6.07, 6.45) is -2.84. The van der Waals surface area contributed by atoms with Crippen molar-refractivity contribution in [2.24, 2.45) is 0 Å². The number of nitrogens with zero attached hydrogens (tertiary/aromatic N) is 1. The minimum Gasteiger partial charge on any atom is -0.500 e. The van der Waals surface area contributed by atoms with Crippen molar-refractivity contribution in [2.75, 3.05) is 5.75 Å². The van der Waals surface area contributed by atoms with Crippen LogP contribution in [0.15, 0.2) is 12.1 Å². The molecule has 1 aromatic rings. The van der Waals surface area contributed by atoms with E-state index in [0.29, 0.717) is 6.07 Å². The zero-order valence-corrected chi connectivity index (χ0v) is 11.8. The fourth-order valence-corrected chi connectivity index (χ4v) is 2.27. The van der Waals surface area contributed by atoms with Gasteiger partial charge in [-0.3, -0.25) is 14.9 Å². The van der Waals surface area contributed by atoms with E-state index in [9.17, 15) is 34.6 Å². The average molecular weight is 319 g/mol. The lowest BCUT2D eigenvalue weighted by molar-refractivity contribution is -0.386. The SMILES string of the molecule is CC(=O)SCCC(O)C(O)c1cc(F)c(O)c([N+](=O)[O-])c1. The molecular formula is C12H14FNO6S. The van der Waals surface area contributed by atoms with Crippen molar-refractivity contribution in [2.45, 2.75) is 25.6 Å². The Kier molecular flexibility index (Phi) is 6.06. The Balaban J connectivity index is 2.89. The number of halogens is 1. The molecule has 0 aliphatic rings. The second-order valence-electron chi connectivity index (χ2n) is 4.27. The highest BCUT2D eigenvalue weighted by Gasteiger charge is 2.25. The molecule has 0 amide bonds. The molecule has 0 aliphatic carbocycles. The topological polar surface area (TPSA) is 121 Å². The normalized spacial score (nSPS) is 13.7. The molecule has 0 fully saturated rings. The molecule has 0 aromatic heterocycles. The molecule has 0 bridgehead atoms. The third kappa shape index (κ3) is 4.66. The number of aliphatic hydroxyl groups is 2. The van der Waals surface area contributed by atoms with Crippen LogP contribution in [0.3, 0.4) is 0 Å². The van der Waals surface area contributed by atoms with E-state index in [2.05, 4.69) is 0 Å². The minimum absolute atomic E-state index is 0.0434. The van der Waals surface area contributed by atoms with Crippen LogP contribution in [-0.4, -0.2) is 37.2 Å². The molecule has 3 N–H and O–H groups in total. The Morgan fingerprint density at radius 2 is 2.10 bits per heavy atom. The molecule has 0 heterocycles. The number of hydrogen-bond donors (Lipinski definition) is 3. The molecule has 2 unspecified atom stereocenters. The zero-order chi connectivity index (χ0) is 16.2. The van der Waals surface area contributed by atoms with Gasteiger partial charge in [0.15, 0.2) is 10.9 Å². The van der Waals surface area contributed by atoms with Crippen molar-refractivity contribution in [3.8, 4) is 5.75 Å². The van der Waals surface area contributed by atoms with Crippen LogP contribution < -0.4 is 0 Å². The first-order valence-corrected chi connectivity index (χ1v) is 6.89. The quantitative estimate of drug-likeness (QED) is 0.536. The molecule has 2 atom stereocenters. The van der Waals surface area contributed by atoms with E-state index in [1.807, 2.05) is 0 Å². The number of benzene rings is 1. The predicted molar refractivity (Wildman–Crippen MR) is 73.4 cm³/mol. The van der Waals surface area contributed by atoms with E-state index in [1.165, 1.54) is 6.92 Å². The maximum Gasteiger partial charge on any atom is 0.314 e. The van der Waals surface area contributed by atoms with Crippen molar-refractivity contribution in [1.29, 1.82) is 0 Å². The number of thioether (sulfide) groups is 1. The Morgan fingerprint density at radius 3 is 2.62 bits per heavy atom. The standard InChI is InChI=1S/C12H14FNO6S/c1-6(15)21-3-2-10(16)11(17)7-4-8(13)12(18)9(5-7)14(19)20/h4-5,10-11,16-18H,2-3H2,1H3. The zero-order valence-electron chi connectivity index (χ0n) is 11.0. The number of carbonyl (C=O) groups is 1. The molecule has 7 nitrogen and oxygen atoms in total. The van der Waals surface area contributed by atoms with Crippen LogP contribution in [0, 0.1) is 15.9 Å². The van der Waals surface area contributed by atoms with Gasteiger partial charge in [0.2, 0.25) is 5.75 Å². The number of aromatic hydroxyl groups is 1. The van der Waals surface area contributed by atoms with Gasteiger partial charge in [-0.15, -0.1) is 0 Å². The molecule has 0 saturated heterocycles. The molecule has 0 saturated carbocycles. The second kappa shape index (κ2) is 7.34. The van der Waals surface area contributed by atoms with Crippen LogP contribution >= 0.6 is 11.8 Å². The monoisotopic (exact) mass is 319 g/mol. The Bertz CT molecular complexity index is 553. The lowest BCUT2D eigenvalue weighted by Crippen LogP contribution is -2.19. The maximum atomic E-state index is 13.4. The van der Waals surface area contributed by atoms with Gasteiger partial charge in [0.1, 0.15) is 6.10 Å². The molecular weight excluding hydrogens is 305 g/mol. The average Bonchev–Trinajstić information content (AvgIpc) is 2.39. The highest BCUT2D eigenvalue weighted by molar-refractivity contribution is 8.13. The Morgan fingerprint density at radius 1 is 1.48 bits per heavy atom. The number of aliphatic hydroxyl groups excluding tert-OH is 2. The van der Waals surface area contributed by atoms with Gasteiger partial charge in [0.25, 0.3) is 0 Å². The highest BCUT2D eigenvalue weighted by atomic mass is 32.2. The van der Waals surface area contributed by atoms with Crippen LogP contribution in [0.25, 0.3) is 0 Å². The van der Waals surface area contributed by atoms with E-state index >= 15 is 0 Å². The van der Waals surface area contributed by atoms with E-state index in [-0.39, 0.29) is 22.9 Å². The number of carbonyl (C=O) groups excluding carboxylic acids is 1.